The van der Waals surface area contributed by atoms with Gasteiger partial charge in [-0.05, 0) is 46.6 Å². The van der Waals surface area contributed by atoms with Crippen molar-refractivity contribution in [2.24, 2.45) is 0 Å². The molecule has 0 saturated heterocycles. The summed E-state index contributed by atoms with van der Waals surface area (Å²) in [5, 5.41) is 3.41. The van der Waals surface area contributed by atoms with Gasteiger partial charge in [0.15, 0.2) is 0 Å². The monoisotopic (exact) mass is 225 g/mol. The van der Waals surface area contributed by atoms with Crippen LogP contribution in [0.5, 0.6) is 0 Å². The summed E-state index contributed by atoms with van der Waals surface area (Å²) in [4.78, 5) is 0. The Morgan fingerprint density at radius 1 is 1.31 bits per heavy atom. The van der Waals surface area contributed by atoms with Gasteiger partial charge in [0.2, 0.25) is 0 Å². The number of nitrogens with one attached hydrogen (secondary N) is 1. The lowest BCUT2D eigenvalue weighted by Gasteiger charge is -2.27. The number of allylic oxidation sites excluding steroid dienone is 1. The third-order valence-electron chi connectivity index (χ3n) is 3.44. The highest BCUT2D eigenvalue weighted by molar-refractivity contribution is 5.13. The molecule has 1 aliphatic carbocycles. The Morgan fingerprint density at radius 2 is 2.06 bits per heavy atom. The van der Waals surface area contributed by atoms with Crippen LogP contribution < -0.4 is 5.32 Å². The summed E-state index contributed by atoms with van der Waals surface area (Å²) in [5.74, 6) is 0. The Labute approximate surface area is 100 Å². The minimum absolute atomic E-state index is 0.278. The molecule has 1 rings (SSSR count). The molecule has 2 heteroatoms. The van der Waals surface area contributed by atoms with Gasteiger partial charge in [-0.25, -0.2) is 0 Å². The van der Waals surface area contributed by atoms with Crippen molar-refractivity contribution in [1.82, 2.24) is 5.32 Å². The number of likely N-dealkylation sites (N-methyl/N-ethyl adjacent to an activating group) is 1. The molecule has 1 aliphatic rings. The quantitative estimate of drug-likeness (QED) is 0.725. The molecule has 0 amide bonds. The van der Waals surface area contributed by atoms with Crippen LogP contribution in [-0.2, 0) is 4.74 Å². The first-order chi connectivity index (χ1) is 7.79. The lowest BCUT2D eigenvalue weighted by Crippen LogP contribution is -2.39. The van der Waals surface area contributed by atoms with Crippen LogP contribution >= 0.6 is 0 Å². The van der Waals surface area contributed by atoms with E-state index in [1.54, 1.807) is 5.57 Å². The second kappa shape index (κ2) is 7.86. The Morgan fingerprint density at radius 3 is 2.75 bits per heavy atom. The Hall–Kier alpha value is -0.340. The van der Waals surface area contributed by atoms with E-state index in [0.29, 0.717) is 6.04 Å². The summed E-state index contributed by atoms with van der Waals surface area (Å²) in [5.41, 5.74) is 1.56. The highest BCUT2D eigenvalue weighted by Gasteiger charge is 2.20. The summed E-state index contributed by atoms with van der Waals surface area (Å²) in [6, 6.07) is 0.401. The van der Waals surface area contributed by atoms with Crippen molar-refractivity contribution in [2.75, 3.05) is 13.7 Å². The van der Waals surface area contributed by atoms with E-state index in [9.17, 15) is 0 Å². The second-order valence-corrected chi connectivity index (χ2v) is 4.66. The predicted molar refractivity (Wildman–Crippen MR) is 69.7 cm³/mol. The molecule has 0 fully saturated rings. The van der Waals surface area contributed by atoms with E-state index in [1.807, 2.05) is 7.05 Å². The maximum atomic E-state index is 5.72. The van der Waals surface area contributed by atoms with E-state index in [0.717, 1.165) is 6.61 Å². The number of hydrogen-bond donors (Lipinski definition) is 1. The first-order valence-corrected chi connectivity index (χ1v) is 6.77. The number of ether oxygens (including phenoxy) is 1. The molecule has 2 unspecified atom stereocenters. The zero-order valence-electron chi connectivity index (χ0n) is 11.1. The van der Waals surface area contributed by atoms with E-state index in [2.05, 4.69) is 25.2 Å². The van der Waals surface area contributed by atoms with Crippen LogP contribution in [0, 0.1) is 0 Å². The topological polar surface area (TPSA) is 21.3 Å². The summed E-state index contributed by atoms with van der Waals surface area (Å²) in [6.07, 6.45) is 10.7. The maximum absolute atomic E-state index is 5.72. The zero-order chi connectivity index (χ0) is 11.8. The third kappa shape index (κ3) is 4.26. The van der Waals surface area contributed by atoms with Crippen LogP contribution in [0.15, 0.2) is 11.6 Å². The van der Waals surface area contributed by atoms with Gasteiger partial charge in [-0.3, -0.25) is 0 Å². The fraction of sp³-hybridized carbons (Fsp3) is 0.857. The van der Waals surface area contributed by atoms with Crippen molar-refractivity contribution in [3.63, 3.8) is 0 Å². The molecule has 0 aromatic heterocycles. The lowest BCUT2D eigenvalue weighted by molar-refractivity contribution is 0.0574. The third-order valence-corrected chi connectivity index (χ3v) is 3.44. The molecule has 0 heterocycles. The van der Waals surface area contributed by atoms with Gasteiger partial charge in [-0.1, -0.05) is 24.5 Å². The van der Waals surface area contributed by atoms with Gasteiger partial charge in [0, 0.05) is 6.61 Å². The molecule has 2 nitrogen and oxygen atoms in total. The van der Waals surface area contributed by atoms with Crippen molar-refractivity contribution in [2.45, 2.75) is 64.5 Å². The van der Waals surface area contributed by atoms with E-state index in [4.69, 9.17) is 4.74 Å². The van der Waals surface area contributed by atoms with Gasteiger partial charge in [0.05, 0.1) is 12.1 Å². The fourth-order valence-corrected chi connectivity index (χ4v) is 2.58. The SMILES string of the molecule is CCOC(C)C(NC)C1=CCCCCCC1. The molecule has 0 aromatic carbocycles. The first-order valence-electron chi connectivity index (χ1n) is 6.77. The van der Waals surface area contributed by atoms with Gasteiger partial charge >= 0.3 is 0 Å². The molecule has 0 aliphatic heterocycles. The zero-order valence-corrected chi connectivity index (χ0v) is 11.1. The van der Waals surface area contributed by atoms with E-state index in [1.165, 1.54) is 38.5 Å². The molecule has 0 bridgehead atoms. The minimum atomic E-state index is 0.278. The molecule has 16 heavy (non-hydrogen) atoms. The van der Waals surface area contributed by atoms with Gasteiger partial charge in [-0.2, -0.15) is 0 Å². The molecular weight excluding hydrogens is 198 g/mol. The molecule has 0 spiro atoms. The normalized spacial score (nSPS) is 21.8. The van der Waals surface area contributed by atoms with Crippen molar-refractivity contribution in [1.29, 1.82) is 0 Å². The Balaban J connectivity index is 2.61. The van der Waals surface area contributed by atoms with Gasteiger partial charge in [0.25, 0.3) is 0 Å². The standard InChI is InChI=1S/C14H27NO/c1-4-16-12(2)14(15-3)13-10-8-6-5-7-9-11-13/h10,12,14-15H,4-9,11H2,1-3H3. The molecule has 1 N–H and O–H groups in total. The van der Waals surface area contributed by atoms with E-state index >= 15 is 0 Å². The van der Waals surface area contributed by atoms with Crippen LogP contribution in [0.4, 0.5) is 0 Å². The highest BCUT2D eigenvalue weighted by atomic mass is 16.5. The molecule has 94 valence electrons. The van der Waals surface area contributed by atoms with Gasteiger partial charge in [-0.15, -0.1) is 0 Å². The summed E-state index contributed by atoms with van der Waals surface area (Å²) >= 11 is 0. The van der Waals surface area contributed by atoms with Crippen LogP contribution in [0.1, 0.15) is 52.4 Å². The molecule has 2 atom stereocenters. The highest BCUT2D eigenvalue weighted by Crippen LogP contribution is 2.21. The van der Waals surface area contributed by atoms with E-state index in [-0.39, 0.29) is 6.10 Å². The van der Waals surface area contributed by atoms with Crippen molar-refractivity contribution < 1.29 is 4.74 Å². The van der Waals surface area contributed by atoms with Crippen molar-refractivity contribution >= 4 is 0 Å². The molecule has 0 saturated carbocycles. The van der Waals surface area contributed by atoms with Crippen LogP contribution in [0.25, 0.3) is 0 Å². The second-order valence-electron chi connectivity index (χ2n) is 4.66. The number of rotatable bonds is 5. The van der Waals surface area contributed by atoms with Crippen LogP contribution in [0.3, 0.4) is 0 Å². The Kier molecular flexibility index (Phi) is 6.74. The van der Waals surface area contributed by atoms with Gasteiger partial charge < -0.3 is 10.1 Å². The first kappa shape index (κ1) is 13.7. The maximum Gasteiger partial charge on any atom is 0.0738 e. The minimum Gasteiger partial charge on any atom is -0.377 e. The molecule has 0 aromatic rings. The molecular formula is C14H27NO. The van der Waals surface area contributed by atoms with Gasteiger partial charge in [0.1, 0.15) is 0 Å². The van der Waals surface area contributed by atoms with Crippen LogP contribution in [-0.4, -0.2) is 25.8 Å². The largest absolute Gasteiger partial charge is 0.377 e. The van der Waals surface area contributed by atoms with Crippen molar-refractivity contribution in [3.8, 4) is 0 Å². The smallest absolute Gasteiger partial charge is 0.0738 e. The average molecular weight is 225 g/mol. The average Bonchev–Trinajstić information content (AvgIpc) is 2.22. The summed E-state index contributed by atoms with van der Waals surface area (Å²) in [7, 11) is 2.04. The fourth-order valence-electron chi connectivity index (χ4n) is 2.58. The summed E-state index contributed by atoms with van der Waals surface area (Å²) in [6.45, 7) is 5.03. The number of hydrogen-bond acceptors (Lipinski definition) is 2. The summed E-state index contributed by atoms with van der Waals surface area (Å²) < 4.78 is 5.72. The lowest BCUT2D eigenvalue weighted by atomic mass is 9.92. The Bertz CT molecular complexity index is 213. The van der Waals surface area contributed by atoms with E-state index < -0.39 is 0 Å². The molecule has 0 radical (unpaired) electrons. The van der Waals surface area contributed by atoms with Crippen molar-refractivity contribution in [3.05, 3.63) is 11.6 Å². The predicted octanol–water partition coefficient (Wildman–Crippen LogP) is 3.28. The van der Waals surface area contributed by atoms with Crippen LogP contribution in [0.2, 0.25) is 0 Å².